The number of benzene rings is 2. The topological polar surface area (TPSA) is 96.6 Å². The Morgan fingerprint density at radius 2 is 1.77 bits per heavy atom. The van der Waals surface area contributed by atoms with Gasteiger partial charge in [0.15, 0.2) is 5.58 Å². The molecule has 2 aromatic carbocycles. The van der Waals surface area contributed by atoms with E-state index in [-0.39, 0.29) is 30.2 Å². The van der Waals surface area contributed by atoms with Gasteiger partial charge >= 0.3 is 11.8 Å². The molecule has 1 aromatic heterocycles. The van der Waals surface area contributed by atoms with Crippen LogP contribution in [0.4, 0.5) is 14.9 Å². The standard InChI is InChI=1S/C22H23FN4O4/c23-16-5-7-17(8-6-16)25-21(29)26-11-9-15(10-12-26)13-24-20(28)14-27-18-3-1-2-4-19(18)31-22(27)30/h1-8,15H,9-14H2,(H,24,28)(H,25,29). The minimum Gasteiger partial charge on any atom is -0.408 e. The Labute approximate surface area is 177 Å². The first-order chi connectivity index (χ1) is 15.0. The molecule has 8 nitrogen and oxygen atoms in total. The molecule has 0 saturated carbocycles. The first-order valence-electron chi connectivity index (χ1n) is 10.2. The van der Waals surface area contributed by atoms with Crippen LogP contribution in [-0.2, 0) is 11.3 Å². The average molecular weight is 426 g/mol. The molecule has 3 aromatic rings. The lowest BCUT2D eigenvalue weighted by atomic mass is 9.97. The lowest BCUT2D eigenvalue weighted by Gasteiger charge is -2.32. The van der Waals surface area contributed by atoms with E-state index in [1.165, 1.54) is 28.8 Å². The number of oxazole rings is 1. The van der Waals surface area contributed by atoms with Gasteiger partial charge in [-0.3, -0.25) is 9.36 Å². The number of amides is 3. The fourth-order valence-electron chi connectivity index (χ4n) is 3.70. The molecule has 3 amide bonds. The first kappa shape index (κ1) is 20.6. The molecule has 0 spiro atoms. The van der Waals surface area contributed by atoms with Crippen molar-refractivity contribution in [2.45, 2.75) is 19.4 Å². The fourth-order valence-corrected chi connectivity index (χ4v) is 3.70. The number of halogens is 1. The molecule has 162 valence electrons. The molecule has 2 N–H and O–H groups in total. The molecular weight excluding hydrogens is 403 g/mol. The summed E-state index contributed by atoms with van der Waals surface area (Å²) in [6, 6.07) is 12.4. The van der Waals surface area contributed by atoms with Crippen LogP contribution >= 0.6 is 0 Å². The van der Waals surface area contributed by atoms with Crippen molar-refractivity contribution in [3.05, 3.63) is 64.9 Å². The highest BCUT2D eigenvalue weighted by molar-refractivity contribution is 5.89. The second kappa shape index (κ2) is 9.03. The van der Waals surface area contributed by atoms with Crippen LogP contribution in [0.1, 0.15) is 12.8 Å². The summed E-state index contributed by atoms with van der Waals surface area (Å²) in [7, 11) is 0. The number of aromatic nitrogens is 1. The summed E-state index contributed by atoms with van der Waals surface area (Å²) >= 11 is 0. The van der Waals surface area contributed by atoms with Gasteiger partial charge in [0.2, 0.25) is 5.91 Å². The van der Waals surface area contributed by atoms with Crippen molar-refractivity contribution in [3.63, 3.8) is 0 Å². The summed E-state index contributed by atoms with van der Waals surface area (Å²) < 4.78 is 19.4. The van der Waals surface area contributed by atoms with Gasteiger partial charge in [0.25, 0.3) is 0 Å². The summed E-state index contributed by atoms with van der Waals surface area (Å²) in [4.78, 5) is 38.4. The largest absolute Gasteiger partial charge is 0.420 e. The maximum absolute atomic E-state index is 13.0. The Hall–Kier alpha value is -3.62. The van der Waals surface area contributed by atoms with Crippen molar-refractivity contribution in [2.24, 2.45) is 5.92 Å². The molecule has 1 fully saturated rings. The number of fused-ring (bicyclic) bond motifs is 1. The number of nitrogens with one attached hydrogen (secondary N) is 2. The predicted molar refractivity (Wildman–Crippen MR) is 113 cm³/mol. The Balaban J connectivity index is 1.23. The lowest BCUT2D eigenvalue weighted by Crippen LogP contribution is -2.43. The Morgan fingerprint density at radius 1 is 1.06 bits per heavy atom. The highest BCUT2D eigenvalue weighted by Gasteiger charge is 2.23. The Bertz CT molecular complexity index is 1130. The van der Waals surface area contributed by atoms with Crippen LogP contribution in [0.15, 0.2) is 57.7 Å². The molecule has 4 rings (SSSR count). The van der Waals surface area contributed by atoms with E-state index in [9.17, 15) is 18.8 Å². The first-order valence-corrected chi connectivity index (χ1v) is 10.2. The highest BCUT2D eigenvalue weighted by Crippen LogP contribution is 2.18. The van der Waals surface area contributed by atoms with E-state index in [4.69, 9.17) is 4.42 Å². The second-order valence-corrected chi connectivity index (χ2v) is 7.59. The third-order valence-electron chi connectivity index (χ3n) is 5.46. The second-order valence-electron chi connectivity index (χ2n) is 7.59. The van der Waals surface area contributed by atoms with E-state index >= 15 is 0 Å². The molecule has 1 aliphatic rings. The fraction of sp³-hybridized carbons (Fsp3) is 0.318. The van der Waals surface area contributed by atoms with Crippen molar-refractivity contribution in [1.29, 1.82) is 0 Å². The van der Waals surface area contributed by atoms with E-state index in [0.29, 0.717) is 36.4 Å². The van der Waals surface area contributed by atoms with Crippen LogP contribution in [0.5, 0.6) is 0 Å². The molecule has 1 saturated heterocycles. The monoisotopic (exact) mass is 426 g/mol. The predicted octanol–water partition coefficient (Wildman–Crippen LogP) is 2.79. The molecule has 2 heterocycles. The number of piperidine rings is 1. The number of anilines is 1. The zero-order valence-corrected chi connectivity index (χ0v) is 16.8. The molecule has 0 bridgehead atoms. The highest BCUT2D eigenvalue weighted by atomic mass is 19.1. The molecule has 1 aliphatic heterocycles. The number of urea groups is 1. The van der Waals surface area contributed by atoms with Crippen LogP contribution < -0.4 is 16.4 Å². The number of para-hydroxylation sites is 2. The number of hydrogen-bond acceptors (Lipinski definition) is 4. The Kier molecular flexibility index (Phi) is 6.01. The SMILES string of the molecule is O=C(Cn1c(=O)oc2ccccc21)NCC1CCN(C(=O)Nc2ccc(F)cc2)CC1. The van der Waals surface area contributed by atoms with Gasteiger partial charge in [-0.05, 0) is 55.2 Å². The number of likely N-dealkylation sites (tertiary alicyclic amines) is 1. The van der Waals surface area contributed by atoms with E-state index in [1.54, 1.807) is 29.2 Å². The lowest BCUT2D eigenvalue weighted by molar-refractivity contribution is -0.121. The van der Waals surface area contributed by atoms with Gasteiger partial charge in [-0.1, -0.05) is 12.1 Å². The van der Waals surface area contributed by atoms with Crippen molar-refractivity contribution >= 4 is 28.7 Å². The maximum atomic E-state index is 13.0. The molecule has 0 radical (unpaired) electrons. The van der Waals surface area contributed by atoms with Crippen molar-refractivity contribution in [2.75, 3.05) is 25.0 Å². The number of carbonyl (C=O) groups excluding carboxylic acids is 2. The van der Waals surface area contributed by atoms with E-state index in [2.05, 4.69) is 10.6 Å². The molecule has 0 atom stereocenters. The third kappa shape index (κ3) is 4.93. The summed E-state index contributed by atoms with van der Waals surface area (Å²) in [6.07, 6.45) is 1.51. The van der Waals surface area contributed by atoms with Gasteiger partial charge in [-0.25, -0.2) is 14.0 Å². The summed E-state index contributed by atoms with van der Waals surface area (Å²) in [5.41, 5.74) is 1.58. The van der Waals surface area contributed by atoms with Gasteiger partial charge in [-0.2, -0.15) is 0 Å². The molecule has 9 heteroatoms. The van der Waals surface area contributed by atoms with E-state index < -0.39 is 5.76 Å². The Morgan fingerprint density at radius 3 is 2.52 bits per heavy atom. The molecule has 0 aliphatic carbocycles. The summed E-state index contributed by atoms with van der Waals surface area (Å²) in [5.74, 6) is -0.926. The van der Waals surface area contributed by atoms with Gasteiger partial charge < -0.3 is 20.0 Å². The number of carbonyl (C=O) groups is 2. The zero-order valence-electron chi connectivity index (χ0n) is 16.8. The van der Waals surface area contributed by atoms with Crippen LogP contribution in [0, 0.1) is 11.7 Å². The minimum absolute atomic E-state index is 0.102. The van der Waals surface area contributed by atoms with Crippen molar-refractivity contribution in [3.8, 4) is 0 Å². The summed E-state index contributed by atoms with van der Waals surface area (Å²) in [5, 5.41) is 5.63. The molecule has 31 heavy (non-hydrogen) atoms. The maximum Gasteiger partial charge on any atom is 0.420 e. The van der Waals surface area contributed by atoms with Gasteiger partial charge in [0.1, 0.15) is 12.4 Å². The van der Waals surface area contributed by atoms with Crippen LogP contribution in [0.3, 0.4) is 0 Å². The molecule has 0 unspecified atom stereocenters. The van der Waals surface area contributed by atoms with Gasteiger partial charge in [0, 0.05) is 25.3 Å². The zero-order chi connectivity index (χ0) is 21.8. The number of hydrogen-bond donors (Lipinski definition) is 2. The van der Waals surface area contributed by atoms with Crippen molar-refractivity contribution in [1.82, 2.24) is 14.8 Å². The number of rotatable bonds is 5. The summed E-state index contributed by atoms with van der Waals surface area (Å²) in [6.45, 7) is 1.52. The average Bonchev–Trinajstić information content (AvgIpc) is 3.09. The van der Waals surface area contributed by atoms with E-state index in [0.717, 1.165) is 12.8 Å². The van der Waals surface area contributed by atoms with Gasteiger partial charge in [-0.15, -0.1) is 0 Å². The van der Waals surface area contributed by atoms with Crippen LogP contribution in [-0.4, -0.2) is 41.0 Å². The van der Waals surface area contributed by atoms with Crippen LogP contribution in [0.2, 0.25) is 0 Å². The van der Waals surface area contributed by atoms with Crippen LogP contribution in [0.25, 0.3) is 11.1 Å². The minimum atomic E-state index is -0.558. The third-order valence-corrected chi connectivity index (χ3v) is 5.46. The smallest absolute Gasteiger partial charge is 0.408 e. The quantitative estimate of drug-likeness (QED) is 0.656. The van der Waals surface area contributed by atoms with Crippen molar-refractivity contribution < 1.29 is 18.4 Å². The number of nitrogens with zero attached hydrogens (tertiary/aromatic N) is 2. The molecular formula is C22H23FN4O4. The normalized spacial score (nSPS) is 14.5. The van der Waals surface area contributed by atoms with Gasteiger partial charge in [0.05, 0.1) is 5.52 Å². The van der Waals surface area contributed by atoms with E-state index in [1.807, 2.05) is 0 Å².